The van der Waals surface area contributed by atoms with E-state index in [2.05, 4.69) is 5.32 Å². The molecule has 1 aliphatic rings. The van der Waals surface area contributed by atoms with Gasteiger partial charge in [0, 0.05) is 0 Å². The third-order valence-electron chi connectivity index (χ3n) is 3.51. The number of carbonyl (C=O) groups is 1. The van der Waals surface area contributed by atoms with Crippen LogP contribution in [-0.2, 0) is 0 Å². The van der Waals surface area contributed by atoms with Crippen LogP contribution in [0.25, 0.3) is 0 Å². The number of nitro groups is 1. The average molecular weight is 300 g/mol. The van der Waals surface area contributed by atoms with Crippen molar-refractivity contribution in [2.75, 3.05) is 0 Å². The first-order chi connectivity index (χ1) is 9.90. The molecule has 1 fully saturated rings. The van der Waals surface area contributed by atoms with Gasteiger partial charge in [0.1, 0.15) is 5.82 Å². The minimum Gasteiger partial charge on any atom is -0.391 e. The van der Waals surface area contributed by atoms with Crippen molar-refractivity contribution in [3.8, 4) is 0 Å². The molecule has 114 valence electrons. The van der Waals surface area contributed by atoms with E-state index in [9.17, 15) is 28.8 Å². The zero-order chi connectivity index (χ0) is 15.6. The Labute approximate surface area is 118 Å². The summed E-state index contributed by atoms with van der Waals surface area (Å²) in [4.78, 5) is 21.5. The Bertz CT molecular complexity index is 580. The van der Waals surface area contributed by atoms with Crippen LogP contribution in [0.5, 0.6) is 0 Å². The van der Waals surface area contributed by atoms with Crippen LogP contribution >= 0.6 is 0 Å². The Morgan fingerprint density at radius 1 is 1.33 bits per heavy atom. The monoisotopic (exact) mass is 300 g/mol. The first-order valence-corrected chi connectivity index (χ1v) is 6.52. The van der Waals surface area contributed by atoms with Crippen LogP contribution in [0.2, 0.25) is 0 Å². The van der Waals surface area contributed by atoms with Crippen molar-refractivity contribution in [3.63, 3.8) is 0 Å². The molecule has 2 atom stereocenters. The molecule has 0 aliphatic heterocycles. The predicted octanol–water partition coefficient (Wildman–Crippen LogP) is 1.91. The van der Waals surface area contributed by atoms with Gasteiger partial charge in [-0.15, -0.1) is 0 Å². The van der Waals surface area contributed by atoms with E-state index in [1.54, 1.807) is 0 Å². The average Bonchev–Trinajstić information content (AvgIpc) is 2.43. The fraction of sp³-hybridized carbons (Fsp3) is 0.462. The summed E-state index contributed by atoms with van der Waals surface area (Å²) < 4.78 is 27.2. The van der Waals surface area contributed by atoms with Crippen molar-refractivity contribution in [2.45, 2.75) is 37.8 Å². The fourth-order valence-electron chi connectivity index (χ4n) is 2.40. The van der Waals surface area contributed by atoms with Gasteiger partial charge in [0.25, 0.3) is 5.91 Å². The molecule has 2 N–H and O–H groups in total. The highest BCUT2D eigenvalue weighted by Gasteiger charge is 2.28. The van der Waals surface area contributed by atoms with Crippen LogP contribution < -0.4 is 5.32 Å². The molecule has 1 aliphatic carbocycles. The maximum Gasteiger partial charge on any atom is 0.308 e. The predicted molar refractivity (Wildman–Crippen MR) is 68.7 cm³/mol. The molecule has 0 spiro atoms. The van der Waals surface area contributed by atoms with Gasteiger partial charge in [0.2, 0.25) is 5.82 Å². The topological polar surface area (TPSA) is 92.5 Å². The summed E-state index contributed by atoms with van der Waals surface area (Å²) in [5.41, 5.74) is -1.83. The van der Waals surface area contributed by atoms with Gasteiger partial charge < -0.3 is 10.4 Å². The lowest BCUT2D eigenvalue weighted by molar-refractivity contribution is -0.387. The van der Waals surface area contributed by atoms with Crippen molar-refractivity contribution in [1.29, 1.82) is 0 Å². The molecule has 6 nitrogen and oxygen atoms in total. The molecule has 1 amide bonds. The Balaban J connectivity index is 2.24. The van der Waals surface area contributed by atoms with Crippen LogP contribution in [0.1, 0.15) is 36.0 Å². The molecule has 1 aromatic rings. The number of aliphatic hydroxyl groups is 1. The van der Waals surface area contributed by atoms with Crippen molar-refractivity contribution in [3.05, 3.63) is 39.4 Å². The summed E-state index contributed by atoms with van der Waals surface area (Å²) in [5.74, 6) is -3.43. The van der Waals surface area contributed by atoms with E-state index in [-0.39, 0.29) is 0 Å². The molecule has 1 saturated carbocycles. The second-order valence-corrected chi connectivity index (χ2v) is 4.98. The number of aliphatic hydroxyl groups excluding tert-OH is 1. The van der Waals surface area contributed by atoms with Crippen molar-refractivity contribution >= 4 is 11.6 Å². The van der Waals surface area contributed by atoms with Crippen molar-refractivity contribution < 1.29 is 23.6 Å². The number of hydrogen-bond donors (Lipinski definition) is 2. The lowest BCUT2D eigenvalue weighted by atomic mass is 9.92. The zero-order valence-electron chi connectivity index (χ0n) is 11.0. The number of halogens is 2. The van der Waals surface area contributed by atoms with Gasteiger partial charge in [0.05, 0.1) is 28.7 Å². The summed E-state index contributed by atoms with van der Waals surface area (Å²) in [6.07, 6.45) is 1.90. The lowest BCUT2D eigenvalue weighted by Gasteiger charge is -2.28. The Hall–Kier alpha value is -2.09. The molecule has 1 aromatic carbocycles. The van der Waals surface area contributed by atoms with Crippen LogP contribution in [-0.4, -0.2) is 28.1 Å². The van der Waals surface area contributed by atoms with E-state index in [1.165, 1.54) is 0 Å². The highest BCUT2D eigenvalue weighted by molar-refractivity contribution is 5.95. The van der Waals surface area contributed by atoms with E-state index < -0.39 is 45.9 Å². The highest BCUT2D eigenvalue weighted by Crippen LogP contribution is 2.24. The van der Waals surface area contributed by atoms with Gasteiger partial charge >= 0.3 is 5.69 Å². The van der Waals surface area contributed by atoms with Crippen LogP contribution in [0, 0.1) is 21.7 Å². The van der Waals surface area contributed by atoms with E-state index in [4.69, 9.17) is 0 Å². The molecular weight excluding hydrogens is 286 g/mol. The van der Waals surface area contributed by atoms with Crippen LogP contribution in [0.3, 0.4) is 0 Å². The molecule has 0 aromatic heterocycles. The van der Waals surface area contributed by atoms with E-state index >= 15 is 0 Å². The number of nitrogens with one attached hydrogen (secondary N) is 1. The quantitative estimate of drug-likeness (QED) is 0.658. The normalized spacial score (nSPS) is 21.9. The summed E-state index contributed by atoms with van der Waals surface area (Å²) in [6.45, 7) is 0. The molecule has 2 unspecified atom stereocenters. The fourth-order valence-corrected chi connectivity index (χ4v) is 2.40. The maximum atomic E-state index is 13.9. The smallest absolute Gasteiger partial charge is 0.308 e. The van der Waals surface area contributed by atoms with Gasteiger partial charge in [-0.2, -0.15) is 4.39 Å². The number of carbonyl (C=O) groups excluding carboxylic acids is 1. The van der Waals surface area contributed by atoms with E-state index in [0.29, 0.717) is 25.0 Å². The van der Waals surface area contributed by atoms with Gasteiger partial charge in [-0.25, -0.2) is 4.39 Å². The van der Waals surface area contributed by atoms with E-state index in [1.807, 2.05) is 0 Å². The van der Waals surface area contributed by atoms with E-state index in [0.717, 1.165) is 12.8 Å². The lowest BCUT2D eigenvalue weighted by Crippen LogP contribution is -2.45. The molecular formula is C13H14F2N2O4. The Morgan fingerprint density at radius 2 is 2.00 bits per heavy atom. The minimum absolute atomic E-state index is 0.418. The highest BCUT2D eigenvalue weighted by atomic mass is 19.1. The first-order valence-electron chi connectivity index (χ1n) is 6.52. The third-order valence-corrected chi connectivity index (χ3v) is 3.51. The number of hydrogen-bond acceptors (Lipinski definition) is 4. The van der Waals surface area contributed by atoms with Crippen LogP contribution in [0.4, 0.5) is 14.5 Å². The van der Waals surface area contributed by atoms with Gasteiger partial charge in [0.15, 0.2) is 0 Å². The molecule has 21 heavy (non-hydrogen) atoms. The second kappa shape index (κ2) is 6.13. The van der Waals surface area contributed by atoms with Crippen molar-refractivity contribution in [2.24, 2.45) is 0 Å². The van der Waals surface area contributed by atoms with Crippen molar-refractivity contribution in [1.82, 2.24) is 5.32 Å². The largest absolute Gasteiger partial charge is 0.391 e. The number of rotatable bonds is 3. The Kier molecular flexibility index (Phi) is 4.46. The Morgan fingerprint density at radius 3 is 2.62 bits per heavy atom. The molecule has 0 bridgehead atoms. The number of benzene rings is 1. The molecule has 2 rings (SSSR count). The summed E-state index contributed by atoms with van der Waals surface area (Å²) in [6, 6.07) is 0.460. The standard InChI is InChI=1S/C13H14F2N2O4/c14-7-5-8(12(15)10(6-7)17(20)21)13(19)16-9-3-1-2-4-11(9)18/h5-6,9,11,18H,1-4H2,(H,16,19). The van der Waals surface area contributed by atoms with Gasteiger partial charge in [-0.05, 0) is 18.9 Å². The number of amides is 1. The first kappa shape index (κ1) is 15.3. The third kappa shape index (κ3) is 3.33. The molecule has 0 heterocycles. The maximum absolute atomic E-state index is 13.9. The summed E-state index contributed by atoms with van der Waals surface area (Å²) in [5, 5.41) is 22.8. The minimum atomic E-state index is -1.39. The zero-order valence-corrected chi connectivity index (χ0v) is 11.0. The van der Waals surface area contributed by atoms with Gasteiger partial charge in [-0.1, -0.05) is 12.8 Å². The number of nitro benzene ring substituents is 1. The second-order valence-electron chi connectivity index (χ2n) is 4.98. The van der Waals surface area contributed by atoms with Crippen LogP contribution in [0.15, 0.2) is 12.1 Å². The SMILES string of the molecule is O=C(NC1CCCCC1O)c1cc(F)cc([N+](=O)[O-])c1F. The summed E-state index contributed by atoms with van der Waals surface area (Å²) >= 11 is 0. The number of nitrogens with zero attached hydrogens (tertiary/aromatic N) is 1. The molecule has 8 heteroatoms. The molecule has 0 saturated heterocycles. The summed E-state index contributed by atoms with van der Waals surface area (Å²) in [7, 11) is 0. The van der Waals surface area contributed by atoms with Gasteiger partial charge in [-0.3, -0.25) is 14.9 Å². The molecule has 0 radical (unpaired) electrons.